The van der Waals surface area contributed by atoms with Crippen LogP contribution in [0.1, 0.15) is 13.3 Å². The summed E-state index contributed by atoms with van der Waals surface area (Å²) in [7, 11) is -1.49. The van der Waals surface area contributed by atoms with Crippen LogP contribution in [-0.4, -0.2) is 55.3 Å². The maximum atomic E-state index is 12.6. The quantitative estimate of drug-likeness (QED) is 0.776. The van der Waals surface area contributed by atoms with E-state index in [1.54, 1.807) is 4.31 Å². The van der Waals surface area contributed by atoms with E-state index >= 15 is 0 Å². The van der Waals surface area contributed by atoms with Gasteiger partial charge in [0.05, 0.1) is 4.90 Å². The van der Waals surface area contributed by atoms with Gasteiger partial charge in [-0.3, -0.25) is 0 Å². The summed E-state index contributed by atoms with van der Waals surface area (Å²) in [6.45, 7) is 4.11. The minimum Gasteiger partial charge on any atom is -0.305 e. The van der Waals surface area contributed by atoms with Crippen LogP contribution in [0.15, 0.2) is 23.2 Å². The molecule has 1 aliphatic heterocycles. The summed E-state index contributed by atoms with van der Waals surface area (Å²) in [6.07, 6.45) is 2.25. The van der Waals surface area contributed by atoms with E-state index in [9.17, 15) is 8.42 Å². The van der Waals surface area contributed by atoms with Crippen molar-refractivity contribution in [2.75, 3.05) is 26.7 Å². The third-order valence-electron chi connectivity index (χ3n) is 3.29. The van der Waals surface area contributed by atoms with Gasteiger partial charge < -0.3 is 4.90 Å². The molecule has 0 N–H and O–H groups in total. The summed E-state index contributed by atoms with van der Waals surface area (Å²) >= 11 is 5.78. The maximum Gasteiger partial charge on any atom is 0.243 e. The topological polar surface area (TPSA) is 53.5 Å². The van der Waals surface area contributed by atoms with Gasteiger partial charge in [-0.05, 0) is 39.1 Å². The highest BCUT2D eigenvalue weighted by Crippen LogP contribution is 2.22. The molecule has 0 bridgehead atoms. The summed E-state index contributed by atoms with van der Waals surface area (Å²) in [5.74, 6) is 0. The Labute approximate surface area is 119 Å². The summed E-state index contributed by atoms with van der Waals surface area (Å²) in [5, 5.41) is 0.195. The predicted molar refractivity (Wildman–Crippen MR) is 74.7 cm³/mol. The average Bonchev–Trinajstić information content (AvgIpc) is 2.50. The minimum atomic E-state index is -3.50. The van der Waals surface area contributed by atoms with Crippen LogP contribution in [0.25, 0.3) is 0 Å². The highest BCUT2D eigenvalue weighted by molar-refractivity contribution is 7.89. The molecular weight excluding hydrogens is 286 g/mol. The molecule has 2 rings (SSSR count). The Morgan fingerprint density at radius 3 is 2.84 bits per heavy atom. The summed E-state index contributed by atoms with van der Waals surface area (Å²) < 4.78 is 26.8. The van der Waals surface area contributed by atoms with E-state index in [-0.39, 0.29) is 16.1 Å². The lowest BCUT2D eigenvalue weighted by Crippen LogP contribution is -2.41. The zero-order valence-electron chi connectivity index (χ0n) is 11.1. The average molecular weight is 304 g/mol. The standard InChI is InChI=1S/C12H18ClN3O2S/c1-10-9-15(2)6-3-7-16(10)19(17,18)11-4-5-14-12(13)8-11/h4-5,8,10H,3,6-7,9H2,1-2H3. The second-order valence-corrected chi connectivity index (χ2v) is 7.17. The van der Waals surface area contributed by atoms with E-state index in [1.807, 2.05) is 14.0 Å². The molecule has 0 aromatic carbocycles. The first kappa shape index (κ1) is 14.7. The Hall–Kier alpha value is -0.690. The molecule has 1 fully saturated rings. The number of pyridine rings is 1. The molecule has 5 nitrogen and oxygen atoms in total. The van der Waals surface area contributed by atoms with Crippen molar-refractivity contribution < 1.29 is 8.42 Å². The Morgan fingerprint density at radius 1 is 1.42 bits per heavy atom. The first-order chi connectivity index (χ1) is 8.91. The number of rotatable bonds is 2. The minimum absolute atomic E-state index is 0.0514. The molecule has 0 radical (unpaired) electrons. The first-order valence-corrected chi connectivity index (χ1v) is 8.05. The van der Waals surface area contributed by atoms with E-state index in [0.717, 1.165) is 19.5 Å². The van der Waals surface area contributed by atoms with Gasteiger partial charge in [-0.2, -0.15) is 4.31 Å². The van der Waals surface area contributed by atoms with Gasteiger partial charge in [0.25, 0.3) is 0 Å². The van der Waals surface area contributed by atoms with Crippen molar-refractivity contribution in [2.45, 2.75) is 24.3 Å². The Morgan fingerprint density at radius 2 is 2.16 bits per heavy atom. The van der Waals surface area contributed by atoms with Crippen LogP contribution in [-0.2, 0) is 10.0 Å². The Bertz CT molecular complexity index is 550. The lowest BCUT2D eigenvalue weighted by molar-refractivity contribution is 0.290. The van der Waals surface area contributed by atoms with Crippen LogP contribution in [0.4, 0.5) is 0 Å². The van der Waals surface area contributed by atoms with Gasteiger partial charge in [0, 0.05) is 25.3 Å². The van der Waals surface area contributed by atoms with E-state index < -0.39 is 10.0 Å². The molecule has 7 heteroatoms. The number of halogens is 1. The van der Waals surface area contributed by atoms with Crippen LogP contribution in [0, 0.1) is 0 Å². The zero-order chi connectivity index (χ0) is 14.0. The first-order valence-electron chi connectivity index (χ1n) is 6.23. The van der Waals surface area contributed by atoms with Gasteiger partial charge >= 0.3 is 0 Å². The smallest absolute Gasteiger partial charge is 0.243 e. The van der Waals surface area contributed by atoms with E-state index in [0.29, 0.717) is 6.54 Å². The number of likely N-dealkylation sites (N-methyl/N-ethyl adjacent to an activating group) is 1. The van der Waals surface area contributed by atoms with Gasteiger partial charge in [-0.15, -0.1) is 0 Å². The Balaban J connectivity index is 2.33. The van der Waals surface area contributed by atoms with Crippen molar-refractivity contribution in [2.24, 2.45) is 0 Å². The molecule has 1 saturated heterocycles. The maximum absolute atomic E-state index is 12.6. The predicted octanol–water partition coefficient (Wildman–Crippen LogP) is 1.45. The van der Waals surface area contributed by atoms with Crippen LogP contribution in [0.2, 0.25) is 5.15 Å². The molecule has 1 aromatic heterocycles. The summed E-state index contributed by atoms with van der Waals surface area (Å²) in [6, 6.07) is 2.84. The van der Waals surface area contributed by atoms with Gasteiger partial charge in [-0.25, -0.2) is 13.4 Å². The molecule has 1 atom stereocenters. The molecule has 2 heterocycles. The number of nitrogens with zero attached hydrogens (tertiary/aromatic N) is 3. The number of aromatic nitrogens is 1. The van der Waals surface area contributed by atoms with E-state index in [1.165, 1.54) is 18.3 Å². The molecule has 1 unspecified atom stereocenters. The van der Waals surface area contributed by atoms with Crippen LogP contribution in [0.5, 0.6) is 0 Å². The number of hydrogen-bond donors (Lipinski definition) is 0. The fourth-order valence-corrected chi connectivity index (χ4v) is 4.30. The van der Waals surface area contributed by atoms with Crippen LogP contribution in [0.3, 0.4) is 0 Å². The highest BCUT2D eigenvalue weighted by atomic mass is 35.5. The molecule has 0 amide bonds. The molecule has 19 heavy (non-hydrogen) atoms. The monoisotopic (exact) mass is 303 g/mol. The fraction of sp³-hybridized carbons (Fsp3) is 0.583. The lowest BCUT2D eigenvalue weighted by Gasteiger charge is -2.27. The number of sulfonamides is 1. The van der Waals surface area contributed by atoms with Crippen LogP contribution >= 0.6 is 11.6 Å². The van der Waals surface area contributed by atoms with Crippen molar-refractivity contribution in [3.05, 3.63) is 23.5 Å². The van der Waals surface area contributed by atoms with E-state index in [4.69, 9.17) is 11.6 Å². The molecule has 106 valence electrons. The molecule has 1 aliphatic rings. The van der Waals surface area contributed by atoms with Gasteiger partial charge in [0.1, 0.15) is 5.15 Å². The second-order valence-electron chi connectivity index (χ2n) is 4.89. The highest BCUT2D eigenvalue weighted by Gasteiger charge is 2.31. The third-order valence-corrected chi connectivity index (χ3v) is 5.51. The second kappa shape index (κ2) is 5.75. The Kier molecular flexibility index (Phi) is 4.45. The van der Waals surface area contributed by atoms with Crippen molar-refractivity contribution >= 4 is 21.6 Å². The summed E-state index contributed by atoms with van der Waals surface area (Å²) in [4.78, 5) is 6.19. The molecule has 0 spiro atoms. The third kappa shape index (κ3) is 3.25. The molecule has 0 aliphatic carbocycles. The number of hydrogen-bond acceptors (Lipinski definition) is 4. The van der Waals surface area contributed by atoms with Crippen molar-refractivity contribution in [3.8, 4) is 0 Å². The van der Waals surface area contributed by atoms with Crippen molar-refractivity contribution in [3.63, 3.8) is 0 Å². The molecule has 0 saturated carbocycles. The molecule has 1 aromatic rings. The zero-order valence-corrected chi connectivity index (χ0v) is 12.7. The van der Waals surface area contributed by atoms with Crippen LogP contribution < -0.4 is 0 Å². The van der Waals surface area contributed by atoms with Gasteiger partial charge in [-0.1, -0.05) is 11.6 Å². The normalized spacial score (nSPS) is 23.2. The van der Waals surface area contributed by atoms with Crippen molar-refractivity contribution in [1.29, 1.82) is 0 Å². The lowest BCUT2D eigenvalue weighted by atomic mass is 10.3. The summed E-state index contributed by atoms with van der Waals surface area (Å²) in [5.41, 5.74) is 0. The fourth-order valence-electron chi connectivity index (χ4n) is 2.39. The van der Waals surface area contributed by atoms with Gasteiger partial charge in [0.2, 0.25) is 10.0 Å². The molecular formula is C12H18ClN3O2S. The van der Waals surface area contributed by atoms with E-state index in [2.05, 4.69) is 9.88 Å². The van der Waals surface area contributed by atoms with Gasteiger partial charge in [0.15, 0.2) is 0 Å². The van der Waals surface area contributed by atoms with Crippen molar-refractivity contribution in [1.82, 2.24) is 14.2 Å². The SMILES string of the molecule is CC1CN(C)CCCN1S(=O)(=O)c1ccnc(Cl)c1. The largest absolute Gasteiger partial charge is 0.305 e.